The minimum Gasteiger partial charge on any atom is -0.370 e. The van der Waals surface area contributed by atoms with E-state index < -0.39 is 0 Å². The summed E-state index contributed by atoms with van der Waals surface area (Å²) in [7, 11) is 0. The molecule has 0 radical (unpaired) electrons. The van der Waals surface area contributed by atoms with Crippen LogP contribution in [-0.2, 0) is 6.42 Å². The van der Waals surface area contributed by atoms with E-state index in [2.05, 4.69) is 33.3 Å². The molecule has 41 heavy (non-hydrogen) atoms. The first-order valence-corrected chi connectivity index (χ1v) is 14.9. The molecule has 0 unspecified atom stereocenters. The zero-order valence-electron chi connectivity index (χ0n) is 23.2. The molecule has 6 rings (SSSR count). The molecule has 0 spiro atoms. The number of nitrogens with zero attached hydrogens (tertiary/aromatic N) is 4. The number of halogens is 1. The van der Waals surface area contributed by atoms with Crippen LogP contribution in [0.25, 0.3) is 22.0 Å². The lowest BCUT2D eigenvalue weighted by molar-refractivity contribution is 0.0710. The topological polar surface area (TPSA) is 72.3 Å². The van der Waals surface area contributed by atoms with Crippen LogP contribution in [0.5, 0.6) is 0 Å². The van der Waals surface area contributed by atoms with Crippen LogP contribution < -0.4 is 5.32 Å². The third-order valence-electron chi connectivity index (χ3n) is 8.30. The van der Waals surface area contributed by atoms with E-state index in [0.29, 0.717) is 23.5 Å². The molecule has 1 atom stereocenters. The van der Waals surface area contributed by atoms with E-state index in [0.717, 1.165) is 78.1 Å². The molecule has 7 heteroatoms. The Kier molecular flexibility index (Phi) is 8.18. The fourth-order valence-electron chi connectivity index (χ4n) is 6.15. The van der Waals surface area contributed by atoms with Gasteiger partial charge >= 0.3 is 0 Å². The molecular weight excluding hydrogens is 530 g/mol. The summed E-state index contributed by atoms with van der Waals surface area (Å²) in [5.41, 5.74) is 5.24. The molecule has 2 saturated heterocycles. The molecule has 1 N–H and O–H groups in total. The van der Waals surface area contributed by atoms with Crippen molar-refractivity contribution in [2.45, 2.75) is 38.1 Å². The smallest absolute Gasteiger partial charge is 0.254 e. The van der Waals surface area contributed by atoms with E-state index in [1.165, 1.54) is 12.8 Å². The van der Waals surface area contributed by atoms with Gasteiger partial charge in [0.1, 0.15) is 5.82 Å². The van der Waals surface area contributed by atoms with Crippen molar-refractivity contribution in [3.05, 3.63) is 94.5 Å². The number of nitriles is 1. The zero-order valence-corrected chi connectivity index (χ0v) is 23.9. The lowest BCUT2D eigenvalue weighted by atomic mass is 9.99. The molecular formula is C34H34ClN5O. The second-order valence-electron chi connectivity index (χ2n) is 11.1. The van der Waals surface area contributed by atoms with Gasteiger partial charge in [0.25, 0.3) is 5.91 Å². The van der Waals surface area contributed by atoms with Crippen LogP contribution in [0.4, 0.5) is 5.82 Å². The Morgan fingerprint density at radius 1 is 0.976 bits per heavy atom. The number of carbonyl (C=O) groups excluding carboxylic acids is 1. The van der Waals surface area contributed by atoms with E-state index >= 15 is 0 Å². The van der Waals surface area contributed by atoms with Gasteiger partial charge in [0.2, 0.25) is 0 Å². The summed E-state index contributed by atoms with van der Waals surface area (Å²) in [5, 5.41) is 14.2. The predicted molar refractivity (Wildman–Crippen MR) is 165 cm³/mol. The van der Waals surface area contributed by atoms with Crippen LogP contribution in [0.3, 0.4) is 0 Å². The van der Waals surface area contributed by atoms with Crippen LogP contribution in [0.1, 0.15) is 47.2 Å². The normalized spacial score (nSPS) is 17.2. The van der Waals surface area contributed by atoms with Crippen LogP contribution in [0.2, 0.25) is 5.02 Å². The number of anilines is 1. The number of nitrogens with one attached hydrogen (secondary N) is 1. The van der Waals surface area contributed by atoms with E-state index in [9.17, 15) is 10.1 Å². The maximum Gasteiger partial charge on any atom is 0.254 e. The first kappa shape index (κ1) is 27.3. The number of likely N-dealkylation sites (tertiary alicyclic amines) is 2. The van der Waals surface area contributed by atoms with Gasteiger partial charge in [-0.1, -0.05) is 41.9 Å². The Labute approximate surface area is 246 Å². The molecule has 3 heterocycles. The van der Waals surface area contributed by atoms with Crippen molar-refractivity contribution in [1.82, 2.24) is 14.8 Å². The number of hydrogen-bond donors (Lipinski definition) is 1. The quantitative estimate of drug-likeness (QED) is 0.256. The zero-order chi connectivity index (χ0) is 28.2. The first-order valence-electron chi connectivity index (χ1n) is 14.5. The molecule has 0 saturated carbocycles. The van der Waals surface area contributed by atoms with Gasteiger partial charge in [-0.15, -0.1) is 0 Å². The highest BCUT2D eigenvalue weighted by molar-refractivity contribution is 6.30. The van der Waals surface area contributed by atoms with E-state index in [4.69, 9.17) is 16.6 Å². The highest BCUT2D eigenvalue weighted by Crippen LogP contribution is 2.31. The average Bonchev–Trinajstić information content (AvgIpc) is 3.69. The van der Waals surface area contributed by atoms with Crippen molar-refractivity contribution < 1.29 is 4.79 Å². The summed E-state index contributed by atoms with van der Waals surface area (Å²) in [6, 6.07) is 25.9. The van der Waals surface area contributed by atoms with E-state index in [1.54, 1.807) is 0 Å². The largest absolute Gasteiger partial charge is 0.370 e. The van der Waals surface area contributed by atoms with Crippen LogP contribution in [0.15, 0.2) is 72.8 Å². The summed E-state index contributed by atoms with van der Waals surface area (Å²) < 4.78 is 0. The van der Waals surface area contributed by atoms with Crippen molar-refractivity contribution in [2.24, 2.45) is 0 Å². The van der Waals surface area contributed by atoms with Gasteiger partial charge in [0, 0.05) is 36.1 Å². The standard InChI is InChI=1S/C34H34ClN5O/c35-28-6-3-5-24(19-28)14-15-37-33-21-31(34(41)40-18-4-7-29(40)23-39-16-1-2-17-39)30-20-27(12-13-32(30)38-33)26-10-8-25(22-36)9-11-26/h3,5-6,8-13,19-21,29H,1-2,4,7,14-18,23H2,(H,37,38)/t29-/m0/s1. The van der Waals surface area contributed by atoms with Gasteiger partial charge < -0.3 is 15.1 Å². The summed E-state index contributed by atoms with van der Waals surface area (Å²) in [4.78, 5) is 23.8. The fourth-order valence-corrected chi connectivity index (χ4v) is 6.36. The number of pyridine rings is 1. The molecule has 1 amide bonds. The first-order chi connectivity index (χ1) is 20.1. The van der Waals surface area contributed by atoms with Gasteiger partial charge in [-0.2, -0.15) is 5.26 Å². The van der Waals surface area contributed by atoms with Gasteiger partial charge in [-0.3, -0.25) is 4.79 Å². The Morgan fingerprint density at radius 3 is 2.56 bits per heavy atom. The molecule has 2 fully saturated rings. The second kappa shape index (κ2) is 12.3. The van der Waals surface area contributed by atoms with Crippen molar-refractivity contribution in [3.63, 3.8) is 0 Å². The van der Waals surface area contributed by atoms with Gasteiger partial charge in [0.15, 0.2) is 0 Å². The monoisotopic (exact) mass is 563 g/mol. The minimum absolute atomic E-state index is 0.0777. The molecule has 1 aromatic heterocycles. The van der Waals surface area contributed by atoms with Crippen LogP contribution in [-0.4, -0.2) is 59.5 Å². The molecule has 208 valence electrons. The molecule has 4 aromatic rings. The summed E-state index contributed by atoms with van der Waals surface area (Å²) in [6.07, 6.45) is 5.38. The number of hydrogen-bond acceptors (Lipinski definition) is 5. The van der Waals surface area contributed by atoms with Crippen molar-refractivity contribution in [3.8, 4) is 17.2 Å². The molecule has 0 bridgehead atoms. The maximum atomic E-state index is 14.3. The number of benzene rings is 3. The molecule has 0 aliphatic carbocycles. The molecule has 6 nitrogen and oxygen atoms in total. The Bertz CT molecular complexity index is 1590. The van der Waals surface area contributed by atoms with Gasteiger partial charge in [0.05, 0.1) is 22.7 Å². The van der Waals surface area contributed by atoms with Gasteiger partial charge in [-0.05, 0) is 104 Å². The maximum absolute atomic E-state index is 14.3. The lowest BCUT2D eigenvalue weighted by Gasteiger charge is -2.29. The summed E-state index contributed by atoms with van der Waals surface area (Å²) >= 11 is 6.17. The Balaban J connectivity index is 1.32. The van der Waals surface area contributed by atoms with E-state index in [-0.39, 0.29) is 11.9 Å². The van der Waals surface area contributed by atoms with Crippen molar-refractivity contribution in [1.29, 1.82) is 5.26 Å². The van der Waals surface area contributed by atoms with Crippen molar-refractivity contribution in [2.75, 3.05) is 38.0 Å². The number of aromatic nitrogens is 1. The molecule has 3 aromatic carbocycles. The Morgan fingerprint density at radius 2 is 1.78 bits per heavy atom. The summed E-state index contributed by atoms with van der Waals surface area (Å²) in [6.45, 7) is 4.68. The molecule has 2 aliphatic rings. The summed E-state index contributed by atoms with van der Waals surface area (Å²) in [5.74, 6) is 0.776. The Hall–Kier alpha value is -3.92. The third kappa shape index (κ3) is 6.22. The number of carbonyl (C=O) groups is 1. The number of fused-ring (bicyclic) bond motifs is 1. The predicted octanol–water partition coefficient (Wildman–Crippen LogP) is 6.78. The third-order valence-corrected chi connectivity index (χ3v) is 8.54. The van der Waals surface area contributed by atoms with Crippen molar-refractivity contribution >= 4 is 34.2 Å². The molecule has 2 aliphatic heterocycles. The van der Waals surface area contributed by atoms with E-state index in [1.807, 2.05) is 60.7 Å². The highest BCUT2D eigenvalue weighted by atomic mass is 35.5. The van der Waals surface area contributed by atoms with Crippen LogP contribution >= 0.6 is 11.6 Å². The minimum atomic E-state index is 0.0777. The van der Waals surface area contributed by atoms with Crippen LogP contribution in [0, 0.1) is 11.3 Å². The average molecular weight is 564 g/mol. The SMILES string of the molecule is N#Cc1ccc(-c2ccc3nc(NCCc4cccc(Cl)c4)cc(C(=O)N4CCC[C@H]4CN4CCCC4)c3c2)cc1. The van der Waals surface area contributed by atoms with Gasteiger partial charge in [-0.25, -0.2) is 4.98 Å². The fraction of sp³-hybridized carbons (Fsp3) is 0.324. The number of rotatable bonds is 8. The lowest BCUT2D eigenvalue weighted by Crippen LogP contribution is -2.42. The number of amides is 1. The highest BCUT2D eigenvalue weighted by Gasteiger charge is 2.32. The second-order valence-corrected chi connectivity index (χ2v) is 11.5.